The van der Waals surface area contributed by atoms with Crippen LogP contribution in [0, 0.1) is 11.5 Å². The topological polar surface area (TPSA) is 33.0 Å². The summed E-state index contributed by atoms with van der Waals surface area (Å²) in [5.41, 5.74) is 0. The van der Waals surface area contributed by atoms with Crippen molar-refractivity contribution in [2.75, 3.05) is 0 Å². The normalized spacial score (nSPS) is 10.7. The van der Waals surface area contributed by atoms with Crippen molar-refractivity contribution in [2.45, 2.75) is 0 Å². The van der Waals surface area contributed by atoms with Gasteiger partial charge in [0.2, 0.25) is 0 Å². The van der Waals surface area contributed by atoms with Crippen LogP contribution in [0.15, 0.2) is 91.0 Å². The monoisotopic (exact) mass is 481 g/mol. The van der Waals surface area contributed by atoms with Crippen molar-refractivity contribution in [3.8, 4) is 6.26 Å². The van der Waals surface area contributed by atoms with Gasteiger partial charge >= 0.3 is 136 Å². The second-order valence-corrected chi connectivity index (χ2v) is 17.8. The molecule has 3 aromatic rings. The molecule has 0 fully saturated rings. The van der Waals surface area contributed by atoms with Gasteiger partial charge in [-0.25, -0.2) is 0 Å². The fourth-order valence-corrected chi connectivity index (χ4v) is 16.3. The Morgan fingerprint density at radius 3 is 1.18 bits per heavy atom. The van der Waals surface area contributed by atoms with Gasteiger partial charge in [0.05, 0.1) is 0 Å². The van der Waals surface area contributed by atoms with E-state index in [1.165, 1.54) is 0 Å². The quantitative estimate of drug-likeness (QED) is 0.424. The van der Waals surface area contributed by atoms with E-state index in [9.17, 15) is 5.26 Å². The molecule has 0 aliphatic rings. The summed E-state index contributed by atoms with van der Waals surface area (Å²) in [6.45, 7) is 0. The first-order valence-electron chi connectivity index (χ1n) is 7.11. The molecule has 0 aliphatic carbocycles. The molecule has 0 unspecified atom stereocenters. The van der Waals surface area contributed by atoms with Crippen LogP contribution in [0.1, 0.15) is 0 Å². The third-order valence-corrected chi connectivity index (χ3v) is 18.7. The third kappa shape index (κ3) is 2.64. The summed E-state index contributed by atoms with van der Waals surface area (Å²) in [5.74, 6) is 0. The van der Waals surface area contributed by atoms with Crippen molar-refractivity contribution in [3.63, 3.8) is 0 Å². The standard InChI is InChI=1S/3C6H5.CHNO.Pb/c3*1-2-4-6-5-3-1;2-1-3;/h3*1-5H;3H;/q;;;;+1/p-1. The second kappa shape index (κ2) is 6.76. The molecule has 0 spiro atoms. The molecule has 0 heterocycles. The molecule has 0 saturated heterocycles. The molecule has 0 aromatic heterocycles. The van der Waals surface area contributed by atoms with Crippen LogP contribution < -0.4 is 9.37 Å². The van der Waals surface area contributed by atoms with Crippen LogP contribution >= 0.6 is 0 Å². The van der Waals surface area contributed by atoms with Crippen molar-refractivity contribution in [3.05, 3.63) is 91.0 Å². The van der Waals surface area contributed by atoms with Crippen LogP contribution in [0.5, 0.6) is 0 Å². The van der Waals surface area contributed by atoms with E-state index in [0.717, 1.165) is 9.37 Å². The molecule has 0 saturated carbocycles. The van der Waals surface area contributed by atoms with E-state index >= 15 is 0 Å². The molecular weight excluding hydrogens is 465 g/mol. The average Bonchev–Trinajstić information content (AvgIpc) is 2.62. The Balaban J connectivity index is 2.32. The molecule has 3 rings (SSSR count). The SMILES string of the molecule is N#C[O][Pb]([c]1ccccc1)([c]1ccccc1)[c]1ccccc1. The van der Waals surface area contributed by atoms with Gasteiger partial charge in [0.25, 0.3) is 0 Å². The number of hydrogen-bond donors (Lipinski definition) is 0. The van der Waals surface area contributed by atoms with Gasteiger partial charge in [-0.05, 0) is 0 Å². The average molecular weight is 481 g/mol. The maximum atomic E-state index is 9.37. The van der Waals surface area contributed by atoms with E-state index in [-0.39, 0.29) is 0 Å². The van der Waals surface area contributed by atoms with Crippen LogP contribution in [0.3, 0.4) is 0 Å². The molecule has 0 aliphatic heterocycles. The number of nitrogens with zero attached hydrogens (tertiary/aromatic N) is 1. The van der Waals surface area contributed by atoms with E-state index in [1.54, 1.807) is 0 Å². The first kappa shape index (κ1) is 14.8. The summed E-state index contributed by atoms with van der Waals surface area (Å²) in [6, 6.07) is 30.5. The van der Waals surface area contributed by atoms with Gasteiger partial charge in [-0.3, -0.25) is 0 Å². The van der Waals surface area contributed by atoms with E-state index in [2.05, 4.69) is 36.4 Å². The molecule has 2 nitrogen and oxygen atoms in total. The molecular formula is C19H15NOPb. The summed E-state index contributed by atoms with van der Waals surface area (Å²) in [4.78, 5) is 0. The van der Waals surface area contributed by atoms with Gasteiger partial charge in [-0.1, -0.05) is 0 Å². The third-order valence-electron chi connectivity index (χ3n) is 3.74. The Morgan fingerprint density at radius 1 is 0.591 bits per heavy atom. The van der Waals surface area contributed by atoms with Crippen LogP contribution in [-0.2, 0) is 2.69 Å². The Bertz CT molecular complexity index is 670. The fraction of sp³-hybridized carbons (Fsp3) is 0. The van der Waals surface area contributed by atoms with Crippen molar-refractivity contribution in [2.24, 2.45) is 0 Å². The summed E-state index contributed by atoms with van der Waals surface area (Å²) < 4.78 is 9.36. The number of benzene rings is 3. The molecule has 0 radical (unpaired) electrons. The Labute approximate surface area is 135 Å². The van der Waals surface area contributed by atoms with Crippen LogP contribution in [-0.4, -0.2) is 21.6 Å². The van der Waals surface area contributed by atoms with Gasteiger partial charge in [-0.2, -0.15) is 0 Å². The van der Waals surface area contributed by atoms with Gasteiger partial charge in [-0.15, -0.1) is 0 Å². The zero-order valence-electron chi connectivity index (χ0n) is 12.0. The molecule has 0 atom stereocenters. The van der Waals surface area contributed by atoms with E-state index in [4.69, 9.17) is 2.69 Å². The molecule has 22 heavy (non-hydrogen) atoms. The predicted octanol–water partition coefficient (Wildman–Crippen LogP) is 2.15. The summed E-state index contributed by atoms with van der Waals surface area (Å²) in [5, 5.41) is 9.37. The zero-order valence-corrected chi connectivity index (χ0v) is 15.9. The minimum absolute atomic E-state index is 1.15. The van der Waals surface area contributed by atoms with E-state index < -0.39 is 21.6 Å². The van der Waals surface area contributed by atoms with E-state index in [1.807, 2.05) is 60.9 Å². The number of rotatable bonds is 4. The van der Waals surface area contributed by atoms with Crippen molar-refractivity contribution in [1.82, 2.24) is 0 Å². The molecule has 0 N–H and O–H groups in total. The van der Waals surface area contributed by atoms with Gasteiger partial charge in [0.1, 0.15) is 0 Å². The van der Waals surface area contributed by atoms with Crippen molar-refractivity contribution < 1.29 is 2.69 Å². The van der Waals surface area contributed by atoms with Crippen LogP contribution in [0.4, 0.5) is 0 Å². The first-order chi connectivity index (χ1) is 10.9. The second-order valence-electron chi connectivity index (χ2n) is 4.97. The Hall–Kier alpha value is -2.13. The first-order valence-corrected chi connectivity index (χ1v) is 14.5. The summed E-state index contributed by atoms with van der Waals surface area (Å²) in [6.07, 6.45) is 2.00. The summed E-state index contributed by atoms with van der Waals surface area (Å²) in [7, 11) is 0. The maximum absolute atomic E-state index is 9.37. The number of hydrogen-bond acceptors (Lipinski definition) is 2. The zero-order chi connectivity index (χ0) is 15.3. The van der Waals surface area contributed by atoms with Gasteiger partial charge in [0.15, 0.2) is 0 Å². The van der Waals surface area contributed by atoms with Gasteiger partial charge in [0, 0.05) is 0 Å². The molecule has 106 valence electrons. The Morgan fingerprint density at radius 2 is 0.909 bits per heavy atom. The predicted molar refractivity (Wildman–Crippen MR) is 90.7 cm³/mol. The van der Waals surface area contributed by atoms with Crippen LogP contribution in [0.25, 0.3) is 0 Å². The summed E-state index contributed by atoms with van der Waals surface area (Å²) >= 11 is -3.90. The van der Waals surface area contributed by atoms with Gasteiger partial charge < -0.3 is 0 Å². The fourth-order valence-electron chi connectivity index (χ4n) is 2.76. The molecule has 0 bridgehead atoms. The molecule has 3 aromatic carbocycles. The van der Waals surface area contributed by atoms with Crippen LogP contribution in [0.2, 0.25) is 0 Å². The molecule has 3 heteroatoms. The molecule has 0 amide bonds. The number of nitriles is 1. The Kier molecular flexibility index (Phi) is 4.54. The minimum atomic E-state index is -3.90. The van der Waals surface area contributed by atoms with E-state index in [0.29, 0.717) is 0 Å². The van der Waals surface area contributed by atoms with Crippen molar-refractivity contribution >= 4 is 31.0 Å². The van der Waals surface area contributed by atoms with Crippen molar-refractivity contribution in [1.29, 1.82) is 5.26 Å².